The Kier molecular flexibility index (Phi) is 5.55. The van der Waals surface area contributed by atoms with Crippen molar-refractivity contribution in [3.63, 3.8) is 0 Å². The number of aromatic nitrogens is 2. The van der Waals surface area contributed by atoms with Crippen LogP contribution in [0.4, 0.5) is 0 Å². The van der Waals surface area contributed by atoms with Gasteiger partial charge < -0.3 is 4.57 Å². The summed E-state index contributed by atoms with van der Waals surface area (Å²) in [5.74, 6) is 1.03. The smallest absolute Gasteiger partial charge is 0.250 e. The maximum absolute atomic E-state index is 12.1. The standard InChI is InChI=1S/C14H21N3O2S2/c1-3-12-6-7-14(20-12)21(18,19)16-8-5-10-17-11-9-15-13(17)4-2/h6-7,9,11,16H,3-5,8,10H2,1-2H3. The van der Waals surface area contributed by atoms with Crippen LogP contribution in [-0.2, 0) is 29.4 Å². The van der Waals surface area contributed by atoms with Gasteiger partial charge in [-0.15, -0.1) is 11.3 Å². The number of thiophene rings is 1. The van der Waals surface area contributed by atoms with Gasteiger partial charge in [0.1, 0.15) is 10.0 Å². The number of imidazole rings is 1. The molecule has 0 saturated heterocycles. The maximum Gasteiger partial charge on any atom is 0.250 e. The lowest BCUT2D eigenvalue weighted by Gasteiger charge is -2.07. The van der Waals surface area contributed by atoms with Crippen molar-refractivity contribution in [2.75, 3.05) is 6.54 Å². The van der Waals surface area contributed by atoms with Gasteiger partial charge in [-0.1, -0.05) is 13.8 Å². The Morgan fingerprint density at radius 3 is 2.76 bits per heavy atom. The largest absolute Gasteiger partial charge is 0.335 e. The zero-order chi connectivity index (χ0) is 15.3. The highest BCUT2D eigenvalue weighted by Crippen LogP contribution is 2.21. The summed E-state index contributed by atoms with van der Waals surface area (Å²) < 4.78 is 29.4. The first-order chi connectivity index (χ1) is 10.1. The van der Waals surface area contributed by atoms with Gasteiger partial charge in [0.2, 0.25) is 10.0 Å². The average Bonchev–Trinajstić information content (AvgIpc) is 3.12. The first-order valence-corrected chi connectivity index (χ1v) is 9.45. The molecule has 0 aliphatic rings. The van der Waals surface area contributed by atoms with E-state index in [9.17, 15) is 8.42 Å². The molecule has 0 saturated carbocycles. The van der Waals surface area contributed by atoms with Gasteiger partial charge in [-0.2, -0.15) is 0 Å². The van der Waals surface area contributed by atoms with Crippen LogP contribution in [0.2, 0.25) is 0 Å². The number of sulfonamides is 1. The van der Waals surface area contributed by atoms with E-state index < -0.39 is 10.0 Å². The van der Waals surface area contributed by atoms with Gasteiger partial charge in [-0.05, 0) is 25.0 Å². The Hall–Kier alpha value is -1.18. The van der Waals surface area contributed by atoms with Crippen molar-refractivity contribution in [3.8, 4) is 0 Å². The van der Waals surface area contributed by atoms with Crippen LogP contribution in [0, 0.1) is 0 Å². The molecule has 2 rings (SSSR count). The van der Waals surface area contributed by atoms with Gasteiger partial charge in [-0.25, -0.2) is 18.1 Å². The fraction of sp³-hybridized carbons (Fsp3) is 0.500. The fourth-order valence-corrected chi connectivity index (χ4v) is 4.49. The van der Waals surface area contributed by atoms with Crippen molar-refractivity contribution in [1.29, 1.82) is 0 Å². The molecular formula is C14H21N3O2S2. The average molecular weight is 327 g/mol. The van der Waals surface area contributed by atoms with Gasteiger partial charge in [0.25, 0.3) is 0 Å². The number of aryl methyl sites for hydroxylation is 3. The molecule has 1 N–H and O–H groups in total. The molecule has 0 fully saturated rings. The summed E-state index contributed by atoms with van der Waals surface area (Å²) >= 11 is 1.34. The van der Waals surface area contributed by atoms with Crippen molar-refractivity contribution in [2.24, 2.45) is 0 Å². The third-order valence-electron chi connectivity index (χ3n) is 3.24. The molecule has 0 amide bonds. The predicted molar refractivity (Wildman–Crippen MR) is 85.1 cm³/mol. The Labute approximate surface area is 130 Å². The molecule has 5 nitrogen and oxygen atoms in total. The Balaban J connectivity index is 1.85. The van der Waals surface area contributed by atoms with Crippen LogP contribution in [0.25, 0.3) is 0 Å². The first kappa shape index (κ1) is 16.2. The molecule has 0 aromatic carbocycles. The van der Waals surface area contributed by atoms with Gasteiger partial charge in [-0.3, -0.25) is 0 Å². The van der Waals surface area contributed by atoms with Crippen molar-refractivity contribution in [1.82, 2.24) is 14.3 Å². The molecule has 0 bridgehead atoms. The van der Waals surface area contributed by atoms with E-state index in [1.807, 2.05) is 19.2 Å². The minimum absolute atomic E-state index is 0.399. The second-order valence-corrected chi connectivity index (χ2v) is 7.88. The van der Waals surface area contributed by atoms with Crippen LogP contribution >= 0.6 is 11.3 Å². The summed E-state index contributed by atoms with van der Waals surface area (Å²) in [6, 6.07) is 3.55. The molecule has 0 atom stereocenters. The number of rotatable bonds is 8. The topological polar surface area (TPSA) is 64.0 Å². The van der Waals surface area contributed by atoms with Gasteiger partial charge in [0, 0.05) is 36.8 Å². The first-order valence-electron chi connectivity index (χ1n) is 7.15. The molecule has 0 radical (unpaired) electrons. The minimum Gasteiger partial charge on any atom is -0.335 e. The normalized spacial score (nSPS) is 11.9. The van der Waals surface area contributed by atoms with Crippen LogP contribution in [-0.4, -0.2) is 24.5 Å². The molecule has 0 unspecified atom stereocenters. The quantitative estimate of drug-likeness (QED) is 0.757. The lowest BCUT2D eigenvalue weighted by molar-refractivity contribution is 0.567. The fourth-order valence-electron chi connectivity index (χ4n) is 2.08. The lowest BCUT2D eigenvalue weighted by Crippen LogP contribution is -2.25. The van der Waals surface area contributed by atoms with Crippen molar-refractivity contribution in [2.45, 2.75) is 43.9 Å². The van der Waals surface area contributed by atoms with Crippen molar-refractivity contribution >= 4 is 21.4 Å². The molecule has 2 aromatic rings. The van der Waals surface area contributed by atoms with Crippen LogP contribution in [0.5, 0.6) is 0 Å². The van der Waals surface area contributed by atoms with E-state index in [1.165, 1.54) is 11.3 Å². The molecule has 116 valence electrons. The lowest BCUT2D eigenvalue weighted by atomic mass is 10.4. The zero-order valence-corrected chi connectivity index (χ0v) is 14.0. The van der Waals surface area contributed by atoms with E-state index in [0.717, 1.165) is 36.5 Å². The highest BCUT2D eigenvalue weighted by Gasteiger charge is 2.15. The third kappa shape index (κ3) is 4.15. The van der Waals surface area contributed by atoms with Crippen LogP contribution < -0.4 is 4.72 Å². The molecule has 2 aromatic heterocycles. The Morgan fingerprint density at radius 1 is 1.29 bits per heavy atom. The SMILES string of the molecule is CCc1ccc(S(=O)(=O)NCCCn2ccnc2CC)s1. The summed E-state index contributed by atoms with van der Waals surface area (Å²) in [6.45, 7) is 5.29. The molecule has 21 heavy (non-hydrogen) atoms. The van der Waals surface area contributed by atoms with Gasteiger partial charge >= 0.3 is 0 Å². The zero-order valence-electron chi connectivity index (χ0n) is 12.4. The Bertz CT molecular complexity index is 674. The number of hydrogen-bond acceptors (Lipinski definition) is 4. The van der Waals surface area contributed by atoms with Crippen LogP contribution in [0.15, 0.2) is 28.7 Å². The highest BCUT2D eigenvalue weighted by atomic mass is 32.2. The molecule has 0 aliphatic heterocycles. The number of nitrogens with one attached hydrogen (secondary N) is 1. The predicted octanol–water partition coefficient (Wildman–Crippen LogP) is 2.44. The van der Waals surface area contributed by atoms with Crippen LogP contribution in [0.1, 0.15) is 31.0 Å². The summed E-state index contributed by atoms with van der Waals surface area (Å²) in [4.78, 5) is 5.33. The van der Waals surface area contributed by atoms with E-state index in [2.05, 4.69) is 21.2 Å². The molecule has 0 aliphatic carbocycles. The Morgan fingerprint density at radius 2 is 2.10 bits per heavy atom. The number of hydrogen-bond donors (Lipinski definition) is 1. The summed E-state index contributed by atoms with van der Waals surface area (Å²) in [6.07, 6.45) is 6.20. The summed E-state index contributed by atoms with van der Waals surface area (Å²) in [7, 11) is -3.36. The molecule has 2 heterocycles. The van der Waals surface area contributed by atoms with Gasteiger partial charge in [0.15, 0.2) is 0 Å². The maximum atomic E-state index is 12.1. The monoisotopic (exact) mass is 327 g/mol. The summed E-state index contributed by atoms with van der Waals surface area (Å²) in [5.41, 5.74) is 0. The van der Waals surface area contributed by atoms with Crippen LogP contribution in [0.3, 0.4) is 0 Å². The second kappa shape index (κ2) is 7.20. The second-order valence-electron chi connectivity index (χ2n) is 4.72. The van der Waals surface area contributed by atoms with Crippen molar-refractivity contribution in [3.05, 3.63) is 35.2 Å². The van der Waals surface area contributed by atoms with E-state index >= 15 is 0 Å². The molecule has 0 spiro atoms. The summed E-state index contributed by atoms with van der Waals surface area (Å²) in [5, 5.41) is 0. The molecular weight excluding hydrogens is 306 g/mol. The van der Waals surface area contributed by atoms with E-state index in [4.69, 9.17) is 0 Å². The highest BCUT2D eigenvalue weighted by molar-refractivity contribution is 7.91. The number of nitrogens with zero attached hydrogens (tertiary/aromatic N) is 2. The molecule has 7 heteroatoms. The van der Waals surface area contributed by atoms with Crippen molar-refractivity contribution < 1.29 is 8.42 Å². The van der Waals surface area contributed by atoms with Gasteiger partial charge in [0.05, 0.1) is 0 Å². The van der Waals surface area contributed by atoms with E-state index in [0.29, 0.717) is 10.8 Å². The van der Waals surface area contributed by atoms with E-state index in [1.54, 1.807) is 12.3 Å². The minimum atomic E-state index is -3.36. The third-order valence-corrected chi connectivity index (χ3v) is 6.42. The van der Waals surface area contributed by atoms with E-state index in [-0.39, 0.29) is 0 Å².